The molecule has 0 saturated heterocycles. The van der Waals surface area contributed by atoms with Crippen molar-refractivity contribution in [3.63, 3.8) is 0 Å². The third kappa shape index (κ3) is 6.71. The topological polar surface area (TPSA) is 152 Å². The van der Waals surface area contributed by atoms with Crippen LogP contribution in [0, 0.1) is 5.41 Å². The van der Waals surface area contributed by atoms with E-state index in [2.05, 4.69) is 46.0 Å². The Morgan fingerprint density at radius 1 is 1.12 bits per heavy atom. The SMILES string of the molecule is NC(N)=NCCC[C@H](NC(=O)C1(C(=O)NCCc2ccc3ccccc3c2)CCCC1)O[B]O. The molecule has 2 aromatic carbocycles. The summed E-state index contributed by atoms with van der Waals surface area (Å²) in [5, 5.41) is 17.2. The minimum absolute atomic E-state index is 0.0134. The zero-order valence-corrected chi connectivity index (χ0v) is 19.3. The second-order valence-corrected chi connectivity index (χ2v) is 8.63. The van der Waals surface area contributed by atoms with E-state index in [0.717, 1.165) is 23.8 Å². The van der Waals surface area contributed by atoms with E-state index in [1.54, 1.807) is 0 Å². The first-order valence-electron chi connectivity index (χ1n) is 11.7. The highest BCUT2D eigenvalue weighted by Gasteiger charge is 2.48. The third-order valence-electron chi connectivity index (χ3n) is 6.28. The molecule has 10 heteroatoms. The van der Waals surface area contributed by atoms with Gasteiger partial charge in [-0.15, -0.1) is 0 Å². The summed E-state index contributed by atoms with van der Waals surface area (Å²) in [5.41, 5.74) is 10.6. The van der Waals surface area contributed by atoms with Gasteiger partial charge in [-0.05, 0) is 48.4 Å². The van der Waals surface area contributed by atoms with E-state index in [1.807, 2.05) is 12.1 Å². The molecule has 1 saturated carbocycles. The van der Waals surface area contributed by atoms with E-state index < -0.39 is 11.6 Å². The van der Waals surface area contributed by atoms with Crippen LogP contribution in [0.25, 0.3) is 10.8 Å². The average Bonchev–Trinajstić information content (AvgIpc) is 3.33. The lowest BCUT2D eigenvalue weighted by molar-refractivity contribution is -0.145. The van der Waals surface area contributed by atoms with Crippen LogP contribution in [0.4, 0.5) is 0 Å². The number of aliphatic imine (C=N–C) groups is 1. The zero-order chi connectivity index (χ0) is 24.4. The minimum atomic E-state index is -1.14. The van der Waals surface area contributed by atoms with E-state index in [4.69, 9.17) is 21.1 Å². The summed E-state index contributed by atoms with van der Waals surface area (Å²) >= 11 is 0. The molecule has 0 heterocycles. The van der Waals surface area contributed by atoms with Crippen LogP contribution in [-0.2, 0) is 20.7 Å². The Hall–Kier alpha value is -3.11. The number of fused-ring (bicyclic) bond motifs is 1. The van der Waals surface area contributed by atoms with E-state index in [-0.39, 0.29) is 17.8 Å². The number of nitrogens with one attached hydrogen (secondary N) is 2. The van der Waals surface area contributed by atoms with Gasteiger partial charge in [0.2, 0.25) is 11.8 Å². The Bertz CT molecular complexity index is 1010. The fourth-order valence-corrected chi connectivity index (χ4v) is 4.44. The van der Waals surface area contributed by atoms with Crippen LogP contribution in [0.3, 0.4) is 0 Å². The first-order valence-corrected chi connectivity index (χ1v) is 11.7. The minimum Gasteiger partial charge on any atom is -0.429 e. The summed E-state index contributed by atoms with van der Waals surface area (Å²) in [6.07, 6.45) is 3.34. The summed E-state index contributed by atoms with van der Waals surface area (Å²) in [6, 6.07) is 14.4. The van der Waals surface area contributed by atoms with Gasteiger partial charge in [-0.2, -0.15) is 0 Å². The maximum Gasteiger partial charge on any atom is 0.486 e. The number of carbonyl (C=O) groups excluding carboxylic acids is 2. The molecular weight excluding hydrogens is 433 g/mol. The van der Waals surface area contributed by atoms with Crippen molar-refractivity contribution in [2.45, 2.75) is 51.2 Å². The van der Waals surface area contributed by atoms with Crippen molar-refractivity contribution in [3.05, 3.63) is 48.0 Å². The monoisotopic (exact) mass is 466 g/mol. The van der Waals surface area contributed by atoms with Crippen LogP contribution < -0.4 is 22.1 Å². The average molecular weight is 466 g/mol. The Balaban J connectivity index is 1.57. The van der Waals surface area contributed by atoms with Crippen molar-refractivity contribution in [2.24, 2.45) is 21.9 Å². The van der Waals surface area contributed by atoms with E-state index in [9.17, 15) is 9.59 Å². The molecule has 2 amide bonds. The molecule has 2 aromatic rings. The quantitative estimate of drug-likeness (QED) is 0.0789. The number of hydrogen-bond donors (Lipinski definition) is 5. The molecule has 1 fully saturated rings. The number of guanidine groups is 1. The van der Waals surface area contributed by atoms with Gasteiger partial charge in [0.25, 0.3) is 0 Å². The van der Waals surface area contributed by atoms with Crippen molar-refractivity contribution >= 4 is 36.2 Å². The van der Waals surface area contributed by atoms with Gasteiger partial charge >= 0.3 is 7.69 Å². The number of amides is 2. The fraction of sp³-hybridized carbons (Fsp3) is 0.458. The lowest BCUT2D eigenvalue weighted by atomic mass is 9.83. The molecule has 1 aliphatic rings. The smallest absolute Gasteiger partial charge is 0.429 e. The van der Waals surface area contributed by atoms with Gasteiger partial charge in [0.05, 0.1) is 0 Å². The molecule has 0 aromatic heterocycles. The predicted octanol–water partition coefficient (Wildman–Crippen LogP) is 1.10. The number of hydrogen-bond acceptors (Lipinski definition) is 5. The molecule has 181 valence electrons. The van der Waals surface area contributed by atoms with Crippen molar-refractivity contribution < 1.29 is 19.3 Å². The van der Waals surface area contributed by atoms with Crippen molar-refractivity contribution in [3.8, 4) is 0 Å². The molecule has 1 atom stereocenters. The van der Waals surface area contributed by atoms with Gasteiger partial charge in [-0.3, -0.25) is 14.6 Å². The molecule has 0 spiro atoms. The summed E-state index contributed by atoms with van der Waals surface area (Å²) < 4.78 is 5.13. The van der Waals surface area contributed by atoms with Crippen LogP contribution in [0.5, 0.6) is 0 Å². The van der Waals surface area contributed by atoms with Gasteiger partial charge in [-0.25, -0.2) is 0 Å². The lowest BCUT2D eigenvalue weighted by Gasteiger charge is -2.29. The standard InChI is InChI=1S/C24H33BN5O4/c26-23(27)29-14-5-8-20(34-25-33)30-22(32)24(12-3-4-13-24)21(31)28-15-11-17-9-10-18-6-1-2-7-19(18)16-17/h1-2,6-7,9-10,16,20,33H,3-5,8,11-15H2,(H,28,31)(H,30,32)(H4,26,27,29)/t20-/m1/s1. The summed E-state index contributed by atoms with van der Waals surface area (Å²) in [4.78, 5) is 30.3. The molecular formula is C24H33BN5O4. The van der Waals surface area contributed by atoms with Crippen LogP contribution in [0.15, 0.2) is 47.5 Å². The van der Waals surface area contributed by atoms with Crippen molar-refractivity contribution in [1.82, 2.24) is 10.6 Å². The maximum absolute atomic E-state index is 13.2. The normalized spacial score (nSPS) is 15.4. The summed E-state index contributed by atoms with van der Waals surface area (Å²) in [6.45, 7) is 0.805. The van der Waals surface area contributed by atoms with E-state index in [0.29, 0.717) is 52.9 Å². The molecule has 3 rings (SSSR count). The second kappa shape index (κ2) is 12.4. The summed E-state index contributed by atoms with van der Waals surface area (Å²) in [5.74, 6) is -0.669. The van der Waals surface area contributed by atoms with Gasteiger partial charge in [0.15, 0.2) is 5.96 Å². The number of carbonyl (C=O) groups is 2. The number of benzene rings is 2. The molecule has 1 aliphatic carbocycles. The Morgan fingerprint density at radius 3 is 2.56 bits per heavy atom. The Kier molecular flexibility index (Phi) is 9.29. The predicted molar refractivity (Wildman–Crippen MR) is 132 cm³/mol. The van der Waals surface area contributed by atoms with Gasteiger partial charge < -0.3 is 31.8 Å². The Morgan fingerprint density at radius 2 is 1.85 bits per heavy atom. The van der Waals surface area contributed by atoms with Gasteiger partial charge in [0.1, 0.15) is 11.6 Å². The second-order valence-electron chi connectivity index (χ2n) is 8.63. The van der Waals surface area contributed by atoms with Crippen LogP contribution in [0.2, 0.25) is 0 Å². The van der Waals surface area contributed by atoms with Crippen LogP contribution in [-0.4, -0.2) is 49.8 Å². The highest BCUT2D eigenvalue weighted by atomic mass is 16.5. The maximum atomic E-state index is 13.2. The Labute approximate surface area is 200 Å². The molecule has 9 nitrogen and oxygen atoms in total. The van der Waals surface area contributed by atoms with Crippen LogP contribution >= 0.6 is 0 Å². The molecule has 34 heavy (non-hydrogen) atoms. The number of rotatable bonds is 12. The molecule has 0 aliphatic heterocycles. The zero-order valence-electron chi connectivity index (χ0n) is 19.3. The molecule has 7 N–H and O–H groups in total. The summed E-state index contributed by atoms with van der Waals surface area (Å²) in [7, 11) is 0.538. The largest absolute Gasteiger partial charge is 0.486 e. The van der Waals surface area contributed by atoms with Gasteiger partial charge in [0, 0.05) is 13.1 Å². The number of nitrogens with two attached hydrogens (primary N) is 2. The third-order valence-corrected chi connectivity index (χ3v) is 6.28. The van der Waals surface area contributed by atoms with E-state index in [1.165, 1.54) is 5.39 Å². The fourth-order valence-electron chi connectivity index (χ4n) is 4.44. The molecule has 0 unspecified atom stereocenters. The van der Waals surface area contributed by atoms with E-state index >= 15 is 0 Å². The lowest BCUT2D eigenvalue weighted by Crippen LogP contribution is -2.53. The number of nitrogens with zero attached hydrogens (tertiary/aromatic N) is 1. The molecule has 1 radical (unpaired) electrons. The van der Waals surface area contributed by atoms with Crippen molar-refractivity contribution in [1.29, 1.82) is 0 Å². The first kappa shape index (κ1) is 25.5. The molecule has 0 bridgehead atoms. The van der Waals surface area contributed by atoms with Crippen molar-refractivity contribution in [2.75, 3.05) is 13.1 Å². The highest BCUT2D eigenvalue weighted by molar-refractivity contribution is 6.16. The van der Waals surface area contributed by atoms with Gasteiger partial charge in [-0.1, -0.05) is 55.3 Å². The first-order chi connectivity index (χ1) is 16.4. The van der Waals surface area contributed by atoms with Crippen LogP contribution in [0.1, 0.15) is 44.1 Å². The highest BCUT2D eigenvalue weighted by Crippen LogP contribution is 2.39.